The molecule has 2 bridgehead atoms. The number of nitrogens with one attached hydrogen (secondary N) is 1. The molecule has 2 nitrogen and oxygen atoms in total. The maximum Gasteiger partial charge on any atom is 0.153 e. The summed E-state index contributed by atoms with van der Waals surface area (Å²) < 4.78 is 27.2. The number of ketones is 1. The minimum Gasteiger partial charge on any atom is -0.304 e. The van der Waals surface area contributed by atoms with Crippen molar-refractivity contribution in [2.45, 2.75) is 31.3 Å². The standard InChI is InChI=1S/C13H12BrF2NO/c14-10-5-8(15)1-6(12(10)16)4-11-13(18)7-2-9(3-7)17-11/h1,5,7,9,11,17H,2-4H2. The SMILES string of the molecule is O=C1C2CC(C2)NC1Cc1cc(F)cc(Br)c1F. The van der Waals surface area contributed by atoms with Crippen molar-refractivity contribution in [2.24, 2.45) is 5.92 Å². The molecule has 1 atom stereocenters. The number of hydrogen-bond donors (Lipinski definition) is 1. The summed E-state index contributed by atoms with van der Waals surface area (Å²) in [5.74, 6) is -0.712. The number of benzene rings is 1. The van der Waals surface area contributed by atoms with Gasteiger partial charge in [0.1, 0.15) is 11.6 Å². The highest BCUT2D eigenvalue weighted by molar-refractivity contribution is 9.10. The minimum atomic E-state index is -0.494. The summed E-state index contributed by atoms with van der Waals surface area (Å²) in [5.41, 5.74) is 0.244. The molecular formula is C13H12BrF2NO. The summed E-state index contributed by atoms with van der Waals surface area (Å²) in [5, 5.41) is 3.19. The van der Waals surface area contributed by atoms with Crippen LogP contribution in [0.4, 0.5) is 8.78 Å². The van der Waals surface area contributed by atoms with Crippen LogP contribution in [0.1, 0.15) is 18.4 Å². The van der Waals surface area contributed by atoms with Gasteiger partial charge in [0.2, 0.25) is 0 Å². The zero-order chi connectivity index (χ0) is 12.9. The third-order valence-corrected chi connectivity index (χ3v) is 4.39. The predicted molar refractivity (Wildman–Crippen MR) is 66.2 cm³/mol. The molecule has 1 aromatic carbocycles. The largest absolute Gasteiger partial charge is 0.304 e. The fourth-order valence-corrected chi connectivity index (χ4v) is 3.25. The highest BCUT2D eigenvalue weighted by atomic mass is 79.9. The van der Waals surface area contributed by atoms with Gasteiger partial charge in [-0.1, -0.05) is 0 Å². The average Bonchev–Trinajstić information content (AvgIpc) is 2.26. The van der Waals surface area contributed by atoms with Crippen molar-refractivity contribution in [3.8, 4) is 0 Å². The second kappa shape index (κ2) is 4.38. The van der Waals surface area contributed by atoms with E-state index in [1.807, 2.05) is 0 Å². The summed E-state index contributed by atoms with van der Waals surface area (Å²) in [6.07, 6.45) is 2.00. The van der Waals surface area contributed by atoms with E-state index in [9.17, 15) is 13.6 Å². The van der Waals surface area contributed by atoms with Crippen LogP contribution in [0.2, 0.25) is 0 Å². The van der Waals surface area contributed by atoms with Crippen molar-refractivity contribution in [3.63, 3.8) is 0 Å². The normalized spacial score (nSPS) is 30.2. The van der Waals surface area contributed by atoms with Crippen LogP contribution in [0.5, 0.6) is 0 Å². The van der Waals surface area contributed by atoms with Crippen LogP contribution in [0.25, 0.3) is 0 Å². The van der Waals surface area contributed by atoms with Gasteiger partial charge in [0.05, 0.1) is 10.5 Å². The number of halogens is 3. The van der Waals surface area contributed by atoms with Crippen molar-refractivity contribution < 1.29 is 13.6 Å². The zero-order valence-corrected chi connectivity index (χ0v) is 11.1. The molecule has 3 aliphatic rings. The molecule has 1 aliphatic carbocycles. The van der Waals surface area contributed by atoms with Gasteiger partial charge >= 0.3 is 0 Å². The highest BCUT2D eigenvalue weighted by Crippen LogP contribution is 2.35. The van der Waals surface area contributed by atoms with Crippen molar-refractivity contribution in [3.05, 3.63) is 33.8 Å². The Morgan fingerprint density at radius 2 is 2.06 bits per heavy atom. The van der Waals surface area contributed by atoms with E-state index in [0.29, 0.717) is 6.04 Å². The van der Waals surface area contributed by atoms with Crippen molar-refractivity contribution >= 4 is 21.7 Å². The first-order valence-electron chi connectivity index (χ1n) is 5.98. The molecule has 1 aromatic rings. The van der Waals surface area contributed by atoms with E-state index >= 15 is 0 Å². The molecule has 5 heteroatoms. The van der Waals surface area contributed by atoms with Crippen LogP contribution in [0.3, 0.4) is 0 Å². The lowest BCUT2D eigenvalue weighted by Crippen LogP contribution is -2.61. The van der Waals surface area contributed by atoms with Gasteiger partial charge in [-0.3, -0.25) is 4.79 Å². The number of hydrogen-bond acceptors (Lipinski definition) is 2. The Hall–Kier alpha value is -0.810. The molecule has 0 aromatic heterocycles. The third kappa shape index (κ3) is 1.99. The number of rotatable bonds is 2. The Morgan fingerprint density at radius 1 is 1.33 bits per heavy atom. The highest BCUT2D eigenvalue weighted by Gasteiger charge is 2.44. The van der Waals surface area contributed by atoms with Gasteiger partial charge in [0.15, 0.2) is 5.78 Å². The van der Waals surface area contributed by atoms with E-state index in [1.54, 1.807) is 0 Å². The fraction of sp³-hybridized carbons (Fsp3) is 0.462. The van der Waals surface area contributed by atoms with E-state index in [4.69, 9.17) is 0 Å². The van der Waals surface area contributed by atoms with Crippen LogP contribution in [-0.4, -0.2) is 17.9 Å². The molecule has 4 rings (SSSR count). The first kappa shape index (κ1) is 12.2. The number of piperidine rings is 2. The summed E-state index contributed by atoms with van der Waals surface area (Å²) in [6.45, 7) is 0. The molecule has 18 heavy (non-hydrogen) atoms. The predicted octanol–water partition coefficient (Wildman–Crippen LogP) is 2.59. The molecule has 0 radical (unpaired) electrons. The molecule has 2 aliphatic heterocycles. The molecule has 3 fully saturated rings. The van der Waals surface area contributed by atoms with Crippen molar-refractivity contribution in [2.75, 3.05) is 0 Å². The third-order valence-electron chi connectivity index (χ3n) is 3.81. The minimum absolute atomic E-state index is 0.103. The van der Waals surface area contributed by atoms with Crippen LogP contribution in [0, 0.1) is 17.6 Å². The van der Waals surface area contributed by atoms with E-state index in [0.717, 1.165) is 25.0 Å². The maximum absolute atomic E-state index is 13.8. The van der Waals surface area contributed by atoms with Gasteiger partial charge < -0.3 is 5.32 Å². The lowest BCUT2D eigenvalue weighted by atomic mass is 9.70. The summed E-state index contributed by atoms with van der Waals surface area (Å²) >= 11 is 2.98. The molecule has 96 valence electrons. The van der Waals surface area contributed by atoms with Crippen LogP contribution in [0.15, 0.2) is 16.6 Å². The first-order chi connectivity index (χ1) is 8.54. The molecule has 1 N–H and O–H groups in total. The van der Waals surface area contributed by atoms with E-state index in [-0.39, 0.29) is 34.2 Å². The van der Waals surface area contributed by atoms with E-state index in [1.165, 1.54) is 0 Å². The maximum atomic E-state index is 13.8. The van der Waals surface area contributed by atoms with Gasteiger partial charge in [-0.25, -0.2) is 8.78 Å². The number of Topliss-reactive ketones (excluding diaryl/α,β-unsaturated/α-hetero) is 1. The van der Waals surface area contributed by atoms with E-state index in [2.05, 4.69) is 21.2 Å². The quantitative estimate of drug-likeness (QED) is 0.850. The average molecular weight is 316 g/mol. The molecule has 1 unspecified atom stereocenters. The molecular weight excluding hydrogens is 304 g/mol. The second-order valence-corrected chi connectivity index (χ2v) is 5.91. The van der Waals surface area contributed by atoms with Crippen LogP contribution >= 0.6 is 15.9 Å². The van der Waals surface area contributed by atoms with Gasteiger partial charge in [-0.05, 0) is 52.9 Å². The van der Waals surface area contributed by atoms with Gasteiger partial charge in [0.25, 0.3) is 0 Å². The first-order valence-corrected chi connectivity index (χ1v) is 6.77. The van der Waals surface area contributed by atoms with Crippen LogP contribution in [-0.2, 0) is 11.2 Å². The zero-order valence-electron chi connectivity index (χ0n) is 9.55. The van der Waals surface area contributed by atoms with Gasteiger partial charge in [-0.2, -0.15) is 0 Å². The van der Waals surface area contributed by atoms with E-state index < -0.39 is 11.6 Å². The molecule has 2 heterocycles. The summed E-state index contributed by atoms with van der Waals surface area (Å²) in [7, 11) is 0. The lowest BCUT2D eigenvalue weighted by molar-refractivity contribution is -0.133. The second-order valence-electron chi connectivity index (χ2n) is 5.05. The molecule has 0 spiro atoms. The number of carbonyl (C=O) groups is 1. The Labute approximate surface area is 112 Å². The molecule has 1 saturated carbocycles. The Bertz CT molecular complexity index is 514. The summed E-state index contributed by atoms with van der Waals surface area (Å²) in [6, 6.07) is 2.25. The molecule has 0 amide bonds. The van der Waals surface area contributed by atoms with Crippen molar-refractivity contribution in [1.82, 2.24) is 5.32 Å². The number of fused-ring (bicyclic) bond motifs is 2. The van der Waals surface area contributed by atoms with Crippen molar-refractivity contribution in [1.29, 1.82) is 0 Å². The smallest absolute Gasteiger partial charge is 0.153 e. The monoisotopic (exact) mass is 315 g/mol. The van der Waals surface area contributed by atoms with Gasteiger partial charge in [-0.15, -0.1) is 0 Å². The Balaban J connectivity index is 1.82. The Morgan fingerprint density at radius 3 is 2.72 bits per heavy atom. The van der Waals surface area contributed by atoms with Gasteiger partial charge in [0, 0.05) is 12.0 Å². The summed E-state index contributed by atoms with van der Waals surface area (Å²) in [4.78, 5) is 12.0. The number of carbonyl (C=O) groups excluding carboxylic acids is 1. The Kier molecular flexibility index (Phi) is 2.98. The topological polar surface area (TPSA) is 29.1 Å². The molecule has 2 saturated heterocycles. The van der Waals surface area contributed by atoms with Crippen LogP contribution < -0.4 is 5.32 Å². The fourth-order valence-electron chi connectivity index (χ4n) is 2.77. The lowest BCUT2D eigenvalue weighted by Gasteiger charge is -2.45.